The summed E-state index contributed by atoms with van der Waals surface area (Å²) in [5, 5.41) is 0.594. The van der Waals surface area contributed by atoms with Crippen LogP contribution < -0.4 is 0 Å². The molecule has 4 heteroatoms. The summed E-state index contributed by atoms with van der Waals surface area (Å²) >= 11 is 6.41. The van der Waals surface area contributed by atoms with Crippen LogP contribution in [0.2, 0.25) is 0 Å². The molecule has 2 bridgehead atoms. The van der Waals surface area contributed by atoms with Gasteiger partial charge in [-0.1, -0.05) is 13.8 Å². The van der Waals surface area contributed by atoms with E-state index in [2.05, 4.69) is 31.4 Å². The van der Waals surface area contributed by atoms with Gasteiger partial charge in [0.2, 0.25) is 5.91 Å². The first-order valence-corrected chi connectivity index (χ1v) is 6.76. The van der Waals surface area contributed by atoms with E-state index >= 15 is 0 Å². The normalized spacial score (nSPS) is 32.7. The minimum absolute atomic E-state index is 0.112. The van der Waals surface area contributed by atoms with Crippen molar-refractivity contribution in [1.29, 1.82) is 0 Å². The first-order chi connectivity index (χ1) is 6.59. The average molecular weight is 231 g/mol. The molecule has 1 amide bonds. The van der Waals surface area contributed by atoms with Gasteiger partial charge in [0.05, 0.1) is 5.25 Å². The van der Waals surface area contributed by atoms with Gasteiger partial charge in [-0.25, -0.2) is 0 Å². The maximum Gasteiger partial charge on any atom is 0.235 e. The predicted molar refractivity (Wildman–Crippen MR) is 64.0 cm³/mol. The van der Waals surface area contributed by atoms with Gasteiger partial charge >= 0.3 is 0 Å². The van der Waals surface area contributed by atoms with Crippen LogP contribution in [-0.2, 0) is 4.79 Å². The Morgan fingerprint density at radius 1 is 1.57 bits per heavy atom. The van der Waals surface area contributed by atoms with Crippen LogP contribution in [0.4, 0.5) is 0 Å². The minimum atomic E-state index is -0.112. The Morgan fingerprint density at radius 2 is 2.29 bits per heavy atom. The molecule has 0 spiro atoms. The highest BCUT2D eigenvalue weighted by molar-refractivity contribution is 8.00. The molecule has 14 heavy (non-hydrogen) atoms. The van der Waals surface area contributed by atoms with Gasteiger partial charge in [-0.05, 0) is 12.3 Å². The number of rotatable bonds is 2. The number of hydrogen-bond acceptors (Lipinski definition) is 3. The minimum Gasteiger partial charge on any atom is -0.337 e. The fraction of sp³-hybridized carbons (Fsp3) is 0.900. The summed E-state index contributed by atoms with van der Waals surface area (Å²) < 4.78 is 0. The maximum atomic E-state index is 12.0. The average Bonchev–Trinajstić information content (AvgIpc) is 2.76. The first-order valence-electron chi connectivity index (χ1n) is 5.19. The van der Waals surface area contributed by atoms with Gasteiger partial charge in [0.1, 0.15) is 0 Å². The molecule has 0 saturated carbocycles. The molecule has 0 aromatic heterocycles. The van der Waals surface area contributed by atoms with E-state index in [-0.39, 0.29) is 11.2 Å². The van der Waals surface area contributed by atoms with Crippen LogP contribution in [0.5, 0.6) is 0 Å². The lowest BCUT2D eigenvalue weighted by Crippen LogP contribution is -2.44. The third kappa shape index (κ3) is 1.78. The number of fused-ring (bicyclic) bond motifs is 2. The molecule has 2 heterocycles. The Kier molecular flexibility index (Phi) is 3.03. The van der Waals surface area contributed by atoms with Crippen LogP contribution in [-0.4, -0.2) is 39.6 Å². The van der Waals surface area contributed by atoms with Gasteiger partial charge in [-0.3, -0.25) is 4.79 Å². The molecule has 80 valence electrons. The quantitative estimate of drug-likeness (QED) is 0.729. The van der Waals surface area contributed by atoms with Crippen molar-refractivity contribution >= 4 is 30.3 Å². The zero-order chi connectivity index (χ0) is 10.3. The van der Waals surface area contributed by atoms with E-state index in [1.165, 1.54) is 6.42 Å². The number of carbonyl (C=O) groups excluding carboxylic acids is 1. The van der Waals surface area contributed by atoms with Crippen molar-refractivity contribution in [2.24, 2.45) is 5.92 Å². The fourth-order valence-electron chi connectivity index (χ4n) is 2.12. The van der Waals surface area contributed by atoms with Gasteiger partial charge in [-0.2, -0.15) is 24.4 Å². The molecule has 0 radical (unpaired) electrons. The molecule has 0 aliphatic carbocycles. The Hall–Kier alpha value is 0.170. The number of likely N-dealkylation sites (tertiary alicyclic amines) is 1. The van der Waals surface area contributed by atoms with E-state index in [9.17, 15) is 4.79 Å². The zero-order valence-electron chi connectivity index (χ0n) is 8.64. The van der Waals surface area contributed by atoms with Crippen molar-refractivity contribution in [3.05, 3.63) is 0 Å². The number of hydrogen-bond donors (Lipinski definition) is 1. The second-order valence-electron chi connectivity index (χ2n) is 4.52. The Balaban J connectivity index is 1.99. The lowest BCUT2D eigenvalue weighted by Gasteiger charge is -2.30. The Labute approximate surface area is 95.2 Å². The second kappa shape index (κ2) is 3.97. The SMILES string of the molecule is CC(C)C(S)C(=O)N1CC2CC1CS2. The van der Waals surface area contributed by atoms with Gasteiger partial charge in [0.15, 0.2) is 0 Å². The van der Waals surface area contributed by atoms with E-state index in [4.69, 9.17) is 0 Å². The monoisotopic (exact) mass is 231 g/mol. The van der Waals surface area contributed by atoms with Crippen molar-refractivity contribution in [3.8, 4) is 0 Å². The standard InChI is InChI=1S/C10H17NOS2/c1-6(2)9(13)10(12)11-4-8-3-7(11)5-14-8/h6-9,13H,3-5H2,1-2H3. The molecule has 0 N–H and O–H groups in total. The molecular formula is C10H17NOS2. The molecule has 2 saturated heterocycles. The fourth-order valence-corrected chi connectivity index (χ4v) is 3.71. The summed E-state index contributed by atoms with van der Waals surface area (Å²) in [5.74, 6) is 1.71. The summed E-state index contributed by atoms with van der Waals surface area (Å²) in [6.07, 6.45) is 1.20. The molecule has 2 rings (SSSR count). The third-order valence-corrected chi connectivity index (χ3v) is 5.28. The lowest BCUT2D eigenvalue weighted by molar-refractivity contribution is -0.131. The van der Waals surface area contributed by atoms with Crippen molar-refractivity contribution in [2.45, 2.75) is 36.8 Å². The molecule has 2 aliphatic heterocycles. The van der Waals surface area contributed by atoms with Crippen molar-refractivity contribution in [1.82, 2.24) is 4.90 Å². The lowest BCUT2D eigenvalue weighted by atomic mass is 10.1. The van der Waals surface area contributed by atoms with E-state index in [1.807, 2.05) is 11.8 Å². The summed E-state index contributed by atoms with van der Waals surface area (Å²) in [5.41, 5.74) is 0. The van der Waals surface area contributed by atoms with Crippen molar-refractivity contribution < 1.29 is 4.79 Å². The maximum absolute atomic E-state index is 12.0. The van der Waals surface area contributed by atoms with Crippen molar-refractivity contribution in [3.63, 3.8) is 0 Å². The summed E-state index contributed by atoms with van der Waals surface area (Å²) in [4.78, 5) is 14.1. The van der Waals surface area contributed by atoms with Crippen molar-refractivity contribution in [2.75, 3.05) is 12.3 Å². The van der Waals surface area contributed by atoms with Gasteiger partial charge in [0, 0.05) is 23.6 Å². The summed E-state index contributed by atoms with van der Waals surface area (Å²) in [6, 6.07) is 0.505. The summed E-state index contributed by atoms with van der Waals surface area (Å²) in [7, 11) is 0. The molecule has 0 aromatic carbocycles. The largest absolute Gasteiger partial charge is 0.337 e. The number of carbonyl (C=O) groups is 1. The molecule has 2 fully saturated rings. The highest BCUT2D eigenvalue weighted by Gasteiger charge is 2.42. The van der Waals surface area contributed by atoms with Crippen LogP contribution >= 0.6 is 24.4 Å². The highest BCUT2D eigenvalue weighted by atomic mass is 32.2. The molecular weight excluding hydrogens is 214 g/mol. The molecule has 0 aromatic rings. The van der Waals surface area contributed by atoms with E-state index < -0.39 is 0 Å². The third-order valence-electron chi connectivity index (χ3n) is 3.07. The second-order valence-corrected chi connectivity index (χ2v) is 6.41. The smallest absolute Gasteiger partial charge is 0.235 e. The molecule has 3 unspecified atom stereocenters. The van der Waals surface area contributed by atoms with E-state index in [0.29, 0.717) is 17.2 Å². The van der Waals surface area contributed by atoms with Crippen LogP contribution in [0, 0.1) is 5.92 Å². The number of nitrogens with zero attached hydrogens (tertiary/aromatic N) is 1. The predicted octanol–water partition coefficient (Wildman–Crippen LogP) is 1.66. The molecule has 2 nitrogen and oxygen atoms in total. The van der Waals surface area contributed by atoms with Crippen LogP contribution in [0.3, 0.4) is 0 Å². The van der Waals surface area contributed by atoms with Crippen LogP contribution in [0.25, 0.3) is 0 Å². The topological polar surface area (TPSA) is 20.3 Å². The highest BCUT2D eigenvalue weighted by Crippen LogP contribution is 2.38. The zero-order valence-corrected chi connectivity index (χ0v) is 10.4. The van der Waals surface area contributed by atoms with E-state index in [0.717, 1.165) is 12.3 Å². The van der Waals surface area contributed by atoms with Gasteiger partial charge in [0.25, 0.3) is 0 Å². The van der Waals surface area contributed by atoms with Crippen LogP contribution in [0.1, 0.15) is 20.3 Å². The Morgan fingerprint density at radius 3 is 2.71 bits per heavy atom. The number of thioether (sulfide) groups is 1. The summed E-state index contributed by atoms with van der Waals surface area (Å²) in [6.45, 7) is 5.06. The van der Waals surface area contributed by atoms with E-state index in [1.54, 1.807) is 0 Å². The number of amides is 1. The number of thiol groups is 1. The molecule has 2 aliphatic rings. The van der Waals surface area contributed by atoms with Gasteiger partial charge < -0.3 is 4.90 Å². The first kappa shape index (κ1) is 10.7. The van der Waals surface area contributed by atoms with Crippen LogP contribution in [0.15, 0.2) is 0 Å². The van der Waals surface area contributed by atoms with Gasteiger partial charge in [-0.15, -0.1) is 0 Å². The Bertz CT molecular complexity index is 244. The molecule has 3 atom stereocenters.